The second kappa shape index (κ2) is 15.6. The highest BCUT2D eigenvalue weighted by Crippen LogP contribution is 2.06. The summed E-state index contributed by atoms with van der Waals surface area (Å²) in [5.74, 6) is -3.31. The summed E-state index contributed by atoms with van der Waals surface area (Å²) < 4.78 is 4.41. The third kappa shape index (κ3) is 15.3. The number of unbranched alkanes of at least 4 members (excludes halogenated alkanes) is 1. The molecule has 0 radical (unpaired) electrons. The molecule has 0 fully saturated rings. The van der Waals surface area contributed by atoms with E-state index in [4.69, 9.17) is 30.6 Å². The molecule has 9 heteroatoms. The molecule has 1 aromatic rings. The van der Waals surface area contributed by atoms with Gasteiger partial charge in [0, 0.05) is 0 Å². The Labute approximate surface area is 146 Å². The molecule has 0 aliphatic carbocycles. The summed E-state index contributed by atoms with van der Waals surface area (Å²) in [6.45, 7) is 3.86. The molecule has 146 valence electrons. The van der Waals surface area contributed by atoms with Crippen LogP contribution >= 0.6 is 0 Å². The van der Waals surface area contributed by atoms with Gasteiger partial charge in [-0.3, -0.25) is 0 Å². The number of carbonyl (C=O) groups is 2. The van der Waals surface area contributed by atoms with Crippen LogP contribution < -0.4 is 0 Å². The first-order chi connectivity index (χ1) is 11.7. The third-order valence-corrected chi connectivity index (χ3v) is 2.68. The Bertz CT molecular complexity index is 439. The lowest BCUT2D eigenvalue weighted by molar-refractivity contribution is -0.0453. The first-order valence-corrected chi connectivity index (χ1v) is 7.90. The molecule has 25 heavy (non-hydrogen) atoms. The number of hydrogen-bond donors (Lipinski definition) is 6. The van der Waals surface area contributed by atoms with E-state index < -0.39 is 24.3 Å². The zero-order valence-electron chi connectivity index (χ0n) is 14.5. The molecule has 1 rings (SSSR count). The van der Waals surface area contributed by atoms with Gasteiger partial charge in [0.15, 0.2) is 6.29 Å². The molecule has 1 heterocycles. The van der Waals surface area contributed by atoms with Gasteiger partial charge in [0.25, 0.3) is 0 Å². The first-order valence-electron chi connectivity index (χ1n) is 7.90. The van der Waals surface area contributed by atoms with E-state index in [0.29, 0.717) is 6.42 Å². The van der Waals surface area contributed by atoms with E-state index in [9.17, 15) is 9.59 Å². The van der Waals surface area contributed by atoms with Crippen LogP contribution in [0.25, 0.3) is 0 Å². The molecular formula is C16H28O9. The van der Waals surface area contributed by atoms with Crippen LogP contribution in [0.3, 0.4) is 0 Å². The van der Waals surface area contributed by atoms with Crippen molar-refractivity contribution in [3.63, 3.8) is 0 Å². The van der Waals surface area contributed by atoms with Crippen LogP contribution in [-0.2, 0) is 0 Å². The summed E-state index contributed by atoms with van der Waals surface area (Å²) in [5, 5.41) is 49.9. The van der Waals surface area contributed by atoms with Crippen molar-refractivity contribution >= 4 is 11.9 Å². The standard InChI is InChI=1S/C6H4O5.C6H14O2.C4H10O2/c7-5(8)3-1-2-4(11-3)6(9)10;1-2-3-4-6(8)5-7;1-2-3-4(5)6/h1-2H,(H,7,8)(H,9,10);6-8H,2-5H2,1H3;4-6H,2-3H2,1H3. The third-order valence-electron chi connectivity index (χ3n) is 2.68. The summed E-state index contributed by atoms with van der Waals surface area (Å²) in [6, 6.07) is 2.18. The number of aliphatic hydroxyl groups is 4. The molecule has 1 unspecified atom stereocenters. The van der Waals surface area contributed by atoms with Crippen LogP contribution in [0.1, 0.15) is 67.1 Å². The van der Waals surface area contributed by atoms with Crippen LogP contribution in [-0.4, -0.2) is 61.6 Å². The summed E-state index contributed by atoms with van der Waals surface area (Å²) in [4.78, 5) is 20.3. The SMILES string of the molecule is CCCC(O)O.CCCCC(O)CO.O=C(O)c1ccc(C(=O)O)o1. The number of hydrogen-bond acceptors (Lipinski definition) is 7. The quantitative estimate of drug-likeness (QED) is 0.372. The van der Waals surface area contributed by atoms with Crippen molar-refractivity contribution < 1.29 is 44.6 Å². The maximum absolute atomic E-state index is 10.2. The Morgan fingerprint density at radius 3 is 1.64 bits per heavy atom. The topological polar surface area (TPSA) is 169 Å². The Hall–Kier alpha value is -1.94. The van der Waals surface area contributed by atoms with Crippen molar-refractivity contribution in [1.82, 2.24) is 0 Å². The normalized spacial score (nSPS) is 11.0. The molecule has 0 saturated heterocycles. The number of carboxylic acid groups (broad SMARTS) is 2. The average molecular weight is 364 g/mol. The van der Waals surface area contributed by atoms with Crippen LogP contribution in [0.4, 0.5) is 0 Å². The average Bonchev–Trinajstić information content (AvgIpc) is 3.04. The lowest BCUT2D eigenvalue weighted by Gasteiger charge is -2.02. The summed E-state index contributed by atoms with van der Waals surface area (Å²) >= 11 is 0. The Kier molecular flexibility index (Phi) is 15.8. The number of carboxylic acids is 2. The van der Waals surface area contributed by atoms with Gasteiger partial charge in [0.1, 0.15) is 0 Å². The Morgan fingerprint density at radius 1 is 0.960 bits per heavy atom. The highest BCUT2D eigenvalue weighted by Gasteiger charge is 2.12. The highest BCUT2D eigenvalue weighted by molar-refractivity contribution is 5.88. The van der Waals surface area contributed by atoms with Gasteiger partial charge >= 0.3 is 11.9 Å². The molecule has 0 spiro atoms. The van der Waals surface area contributed by atoms with Gasteiger partial charge < -0.3 is 35.1 Å². The molecule has 6 N–H and O–H groups in total. The van der Waals surface area contributed by atoms with Crippen molar-refractivity contribution in [1.29, 1.82) is 0 Å². The number of aliphatic hydroxyl groups excluding tert-OH is 3. The maximum Gasteiger partial charge on any atom is 0.371 e. The molecule has 1 atom stereocenters. The molecule has 1 aromatic heterocycles. The Balaban J connectivity index is 0. The van der Waals surface area contributed by atoms with E-state index in [0.717, 1.165) is 37.8 Å². The van der Waals surface area contributed by atoms with Crippen LogP contribution in [0.5, 0.6) is 0 Å². The van der Waals surface area contributed by atoms with Gasteiger partial charge in [0.2, 0.25) is 11.5 Å². The van der Waals surface area contributed by atoms with Gasteiger partial charge in [-0.15, -0.1) is 0 Å². The number of rotatable bonds is 8. The van der Waals surface area contributed by atoms with Crippen molar-refractivity contribution in [3.05, 3.63) is 23.7 Å². The van der Waals surface area contributed by atoms with Gasteiger partial charge in [-0.25, -0.2) is 9.59 Å². The van der Waals surface area contributed by atoms with Gasteiger partial charge in [0.05, 0.1) is 12.7 Å². The summed E-state index contributed by atoms with van der Waals surface area (Å²) in [7, 11) is 0. The predicted molar refractivity (Wildman–Crippen MR) is 88.4 cm³/mol. The minimum atomic E-state index is -1.28. The molecule has 0 aliphatic rings. The monoisotopic (exact) mass is 364 g/mol. The van der Waals surface area contributed by atoms with Crippen molar-refractivity contribution in [3.8, 4) is 0 Å². The second-order valence-electron chi connectivity index (χ2n) is 5.02. The lowest BCUT2D eigenvalue weighted by atomic mass is 10.2. The number of furan rings is 1. The number of aromatic carboxylic acids is 2. The Morgan fingerprint density at radius 2 is 1.44 bits per heavy atom. The molecule has 0 bridgehead atoms. The van der Waals surface area contributed by atoms with E-state index in [1.807, 2.05) is 6.92 Å². The molecule has 0 saturated carbocycles. The van der Waals surface area contributed by atoms with E-state index in [-0.39, 0.29) is 18.1 Å². The maximum atomic E-state index is 10.2. The fraction of sp³-hybridized carbons (Fsp3) is 0.625. The fourth-order valence-electron chi connectivity index (χ4n) is 1.36. The zero-order chi connectivity index (χ0) is 19.8. The molecule has 0 aliphatic heterocycles. The molecule has 0 aromatic carbocycles. The van der Waals surface area contributed by atoms with E-state index >= 15 is 0 Å². The highest BCUT2D eigenvalue weighted by atomic mass is 16.5. The van der Waals surface area contributed by atoms with E-state index in [1.54, 1.807) is 0 Å². The molecule has 9 nitrogen and oxygen atoms in total. The minimum Gasteiger partial charge on any atom is -0.475 e. The van der Waals surface area contributed by atoms with Crippen LogP contribution in [0.2, 0.25) is 0 Å². The van der Waals surface area contributed by atoms with Crippen molar-refractivity contribution in [2.45, 2.75) is 58.3 Å². The van der Waals surface area contributed by atoms with Gasteiger partial charge in [-0.1, -0.05) is 33.1 Å². The largest absolute Gasteiger partial charge is 0.475 e. The van der Waals surface area contributed by atoms with E-state index in [2.05, 4.69) is 11.3 Å². The molecular weight excluding hydrogens is 336 g/mol. The van der Waals surface area contributed by atoms with Gasteiger partial charge in [-0.05, 0) is 25.0 Å². The van der Waals surface area contributed by atoms with Gasteiger partial charge in [-0.2, -0.15) is 0 Å². The van der Waals surface area contributed by atoms with Crippen LogP contribution in [0.15, 0.2) is 16.5 Å². The first kappa shape index (κ1) is 25.3. The smallest absolute Gasteiger partial charge is 0.371 e. The predicted octanol–water partition coefficient (Wildman–Crippen LogP) is 1.30. The lowest BCUT2D eigenvalue weighted by Crippen LogP contribution is -2.10. The van der Waals surface area contributed by atoms with E-state index in [1.165, 1.54) is 0 Å². The van der Waals surface area contributed by atoms with Crippen LogP contribution in [0, 0.1) is 0 Å². The van der Waals surface area contributed by atoms with Crippen molar-refractivity contribution in [2.24, 2.45) is 0 Å². The van der Waals surface area contributed by atoms with Crippen molar-refractivity contribution in [2.75, 3.05) is 6.61 Å². The molecule has 0 amide bonds. The fourth-order valence-corrected chi connectivity index (χ4v) is 1.36. The zero-order valence-corrected chi connectivity index (χ0v) is 14.5. The summed E-state index contributed by atoms with van der Waals surface area (Å²) in [6.07, 6.45) is 2.54. The minimum absolute atomic E-state index is 0.0972. The second-order valence-corrected chi connectivity index (χ2v) is 5.02. The summed E-state index contributed by atoms with van der Waals surface area (Å²) in [5.41, 5.74) is 0.